The van der Waals surface area contributed by atoms with Crippen LogP contribution in [0.5, 0.6) is 0 Å². The molecule has 3 N–H and O–H groups in total. The molecule has 0 radical (unpaired) electrons. The Kier molecular flexibility index (Phi) is 3.33. The van der Waals surface area contributed by atoms with Crippen molar-refractivity contribution in [1.29, 1.82) is 0 Å². The molecule has 3 rings (SSSR count). The fourth-order valence-electron chi connectivity index (χ4n) is 2.35. The zero-order valence-electron chi connectivity index (χ0n) is 10.9. The Balaban J connectivity index is 1.70. The van der Waals surface area contributed by atoms with Gasteiger partial charge in [0.15, 0.2) is 11.7 Å². The summed E-state index contributed by atoms with van der Waals surface area (Å²) in [4.78, 5) is 8.71. The molecule has 0 spiro atoms. The molecule has 9 nitrogen and oxygen atoms in total. The Bertz CT molecular complexity index is 616. The molecular weight excluding hydrogens is 260 g/mol. The predicted octanol–water partition coefficient (Wildman–Crippen LogP) is -1.01. The van der Waals surface area contributed by atoms with Gasteiger partial charge in [0.25, 0.3) is 0 Å². The van der Waals surface area contributed by atoms with Crippen LogP contribution in [0, 0.1) is 0 Å². The number of fused-ring (bicyclic) bond motifs is 1. The van der Waals surface area contributed by atoms with Gasteiger partial charge in [-0.15, -0.1) is 10.2 Å². The zero-order chi connectivity index (χ0) is 13.9. The van der Waals surface area contributed by atoms with E-state index in [-0.39, 0.29) is 5.84 Å². The molecule has 0 atom stereocenters. The van der Waals surface area contributed by atoms with Crippen LogP contribution >= 0.6 is 0 Å². The fourth-order valence-corrected chi connectivity index (χ4v) is 2.35. The molecule has 1 fully saturated rings. The van der Waals surface area contributed by atoms with Crippen molar-refractivity contribution in [2.45, 2.75) is 0 Å². The monoisotopic (exact) mass is 276 g/mol. The molecule has 0 amide bonds. The summed E-state index contributed by atoms with van der Waals surface area (Å²) >= 11 is 0. The van der Waals surface area contributed by atoms with Crippen LogP contribution in [0.2, 0.25) is 0 Å². The Morgan fingerprint density at radius 1 is 1.35 bits per heavy atom. The third-order valence-electron chi connectivity index (χ3n) is 3.38. The summed E-state index contributed by atoms with van der Waals surface area (Å²) in [5.41, 5.74) is 6.28. The molecule has 3 heterocycles. The Labute approximate surface area is 115 Å². The largest absolute Gasteiger partial charge is 0.409 e. The van der Waals surface area contributed by atoms with E-state index < -0.39 is 0 Å². The minimum absolute atomic E-state index is 0.233. The van der Waals surface area contributed by atoms with Crippen molar-refractivity contribution < 1.29 is 5.21 Å². The average Bonchev–Trinajstić information content (AvgIpc) is 2.96. The summed E-state index contributed by atoms with van der Waals surface area (Å²) in [6.07, 6.45) is 5.23. The molecule has 20 heavy (non-hydrogen) atoms. The number of anilines is 1. The smallest absolute Gasteiger partial charge is 0.203 e. The van der Waals surface area contributed by atoms with Crippen LogP contribution in [0.15, 0.2) is 23.9 Å². The number of oxime groups is 1. The average molecular weight is 276 g/mol. The van der Waals surface area contributed by atoms with Gasteiger partial charge in [0.1, 0.15) is 6.33 Å². The van der Waals surface area contributed by atoms with E-state index in [4.69, 9.17) is 10.9 Å². The summed E-state index contributed by atoms with van der Waals surface area (Å²) in [5.74, 6) is 1.07. The first-order chi connectivity index (χ1) is 9.78. The first kappa shape index (κ1) is 12.6. The maximum atomic E-state index is 8.59. The van der Waals surface area contributed by atoms with Crippen molar-refractivity contribution in [1.82, 2.24) is 24.5 Å². The fraction of sp³-hybridized carbons (Fsp3) is 0.455. The molecule has 1 saturated heterocycles. The lowest BCUT2D eigenvalue weighted by Crippen LogP contribution is -2.49. The SMILES string of the molecule is NC(CN1CCN(c2nccn3cnnc23)CC1)=NO. The highest BCUT2D eigenvalue weighted by molar-refractivity contribution is 5.81. The number of aromatic nitrogens is 4. The normalized spacial score (nSPS) is 17.8. The Morgan fingerprint density at radius 2 is 2.15 bits per heavy atom. The third-order valence-corrected chi connectivity index (χ3v) is 3.38. The van der Waals surface area contributed by atoms with E-state index in [1.54, 1.807) is 12.5 Å². The molecular formula is C11H16N8O. The highest BCUT2D eigenvalue weighted by atomic mass is 16.4. The van der Waals surface area contributed by atoms with Crippen LogP contribution < -0.4 is 10.6 Å². The van der Waals surface area contributed by atoms with Gasteiger partial charge in [0.05, 0.1) is 6.54 Å². The van der Waals surface area contributed by atoms with E-state index in [0.29, 0.717) is 6.54 Å². The number of amidine groups is 1. The molecule has 0 saturated carbocycles. The van der Waals surface area contributed by atoms with E-state index >= 15 is 0 Å². The van der Waals surface area contributed by atoms with Crippen molar-refractivity contribution in [2.75, 3.05) is 37.6 Å². The number of piperazine rings is 1. The van der Waals surface area contributed by atoms with Gasteiger partial charge in [-0.25, -0.2) is 4.98 Å². The highest BCUT2D eigenvalue weighted by Gasteiger charge is 2.21. The second-order valence-electron chi connectivity index (χ2n) is 4.67. The van der Waals surface area contributed by atoms with Crippen LogP contribution in [0.1, 0.15) is 0 Å². The predicted molar refractivity (Wildman–Crippen MR) is 72.8 cm³/mol. The van der Waals surface area contributed by atoms with Crippen LogP contribution in [-0.2, 0) is 0 Å². The summed E-state index contributed by atoms with van der Waals surface area (Å²) < 4.78 is 1.85. The molecule has 0 aliphatic carbocycles. The first-order valence-electron chi connectivity index (χ1n) is 6.36. The van der Waals surface area contributed by atoms with Crippen LogP contribution in [0.3, 0.4) is 0 Å². The second kappa shape index (κ2) is 5.29. The van der Waals surface area contributed by atoms with Gasteiger partial charge >= 0.3 is 0 Å². The minimum Gasteiger partial charge on any atom is -0.409 e. The molecule has 1 aliphatic rings. The van der Waals surface area contributed by atoms with Gasteiger partial charge in [0, 0.05) is 38.6 Å². The van der Waals surface area contributed by atoms with Crippen molar-refractivity contribution in [2.24, 2.45) is 10.9 Å². The summed E-state index contributed by atoms with van der Waals surface area (Å²) in [7, 11) is 0. The highest BCUT2D eigenvalue weighted by Crippen LogP contribution is 2.17. The van der Waals surface area contributed by atoms with Gasteiger partial charge in [-0.1, -0.05) is 5.16 Å². The molecule has 2 aromatic rings. The maximum Gasteiger partial charge on any atom is 0.203 e. The zero-order valence-corrected chi connectivity index (χ0v) is 10.9. The molecule has 106 valence electrons. The quantitative estimate of drug-likeness (QED) is 0.320. The van der Waals surface area contributed by atoms with Gasteiger partial charge in [-0.2, -0.15) is 0 Å². The number of nitrogens with zero attached hydrogens (tertiary/aromatic N) is 7. The summed E-state index contributed by atoms with van der Waals surface area (Å²) in [5, 5.41) is 19.6. The molecule has 2 aromatic heterocycles. The standard InChI is InChI=1S/C11H16N8O/c12-9(16-20)7-17-3-5-18(6-4-17)10-11-15-14-8-19(11)2-1-13-10/h1-2,8,20H,3-7H2,(H2,12,16). The number of nitrogens with two attached hydrogens (primary N) is 1. The first-order valence-corrected chi connectivity index (χ1v) is 6.36. The Hall–Kier alpha value is -2.42. The van der Waals surface area contributed by atoms with E-state index in [0.717, 1.165) is 37.6 Å². The lowest BCUT2D eigenvalue weighted by Gasteiger charge is -2.34. The number of rotatable bonds is 3. The van der Waals surface area contributed by atoms with Crippen LogP contribution in [0.25, 0.3) is 5.65 Å². The van der Waals surface area contributed by atoms with Gasteiger partial charge in [-0.3, -0.25) is 9.30 Å². The lowest BCUT2D eigenvalue weighted by molar-refractivity contribution is 0.278. The van der Waals surface area contributed by atoms with Crippen LogP contribution in [-0.4, -0.2) is 68.2 Å². The molecule has 9 heteroatoms. The summed E-state index contributed by atoms with van der Waals surface area (Å²) in [6, 6.07) is 0. The topological polar surface area (TPSA) is 108 Å². The molecule has 0 unspecified atom stereocenters. The summed E-state index contributed by atoms with van der Waals surface area (Å²) in [6.45, 7) is 3.77. The molecule has 1 aliphatic heterocycles. The second-order valence-corrected chi connectivity index (χ2v) is 4.67. The maximum absolute atomic E-state index is 8.59. The lowest BCUT2D eigenvalue weighted by atomic mass is 10.3. The van der Waals surface area contributed by atoms with E-state index in [1.165, 1.54) is 0 Å². The van der Waals surface area contributed by atoms with E-state index in [9.17, 15) is 0 Å². The number of hydrogen-bond acceptors (Lipinski definition) is 7. The van der Waals surface area contributed by atoms with Crippen molar-refractivity contribution in [3.05, 3.63) is 18.7 Å². The van der Waals surface area contributed by atoms with Crippen molar-refractivity contribution in [3.63, 3.8) is 0 Å². The third kappa shape index (κ3) is 2.35. The Morgan fingerprint density at radius 3 is 2.90 bits per heavy atom. The minimum atomic E-state index is 0.233. The van der Waals surface area contributed by atoms with Gasteiger partial charge < -0.3 is 15.8 Å². The van der Waals surface area contributed by atoms with Crippen molar-refractivity contribution in [3.8, 4) is 0 Å². The van der Waals surface area contributed by atoms with E-state index in [2.05, 4.69) is 30.1 Å². The van der Waals surface area contributed by atoms with Gasteiger partial charge in [0.2, 0.25) is 5.65 Å². The molecule has 0 aromatic carbocycles. The number of hydrogen-bond donors (Lipinski definition) is 2. The van der Waals surface area contributed by atoms with Crippen LogP contribution in [0.4, 0.5) is 5.82 Å². The van der Waals surface area contributed by atoms with Crippen molar-refractivity contribution >= 4 is 17.3 Å². The molecule has 0 bridgehead atoms. The van der Waals surface area contributed by atoms with Gasteiger partial charge in [-0.05, 0) is 0 Å². The van der Waals surface area contributed by atoms with E-state index in [1.807, 2.05) is 10.6 Å².